The molecule has 1 amide bonds. The van der Waals surface area contributed by atoms with E-state index in [2.05, 4.69) is 5.32 Å². The number of esters is 1. The molecule has 0 aliphatic carbocycles. The van der Waals surface area contributed by atoms with Crippen molar-refractivity contribution in [3.8, 4) is 16.9 Å². The largest absolute Gasteiger partial charge is 0.488 e. The highest BCUT2D eigenvalue weighted by Crippen LogP contribution is 2.40. The quantitative estimate of drug-likeness (QED) is 0.826. The fourth-order valence-corrected chi connectivity index (χ4v) is 2.94. The van der Waals surface area contributed by atoms with Gasteiger partial charge in [-0.1, -0.05) is 24.3 Å². The Morgan fingerprint density at radius 1 is 1.15 bits per heavy atom. The molecule has 6 nitrogen and oxygen atoms in total. The first kappa shape index (κ1) is 18.8. The molecule has 1 heterocycles. The minimum atomic E-state index is -0.556. The van der Waals surface area contributed by atoms with E-state index < -0.39 is 11.7 Å². The number of rotatable bonds is 3. The topological polar surface area (TPSA) is 73.9 Å². The van der Waals surface area contributed by atoms with Gasteiger partial charge in [-0.2, -0.15) is 0 Å². The summed E-state index contributed by atoms with van der Waals surface area (Å²) >= 11 is 0. The van der Waals surface area contributed by atoms with Gasteiger partial charge in [0.2, 0.25) is 0 Å². The number of benzene rings is 2. The number of hydrogen-bond acceptors (Lipinski definition) is 5. The number of ether oxygens (including phenoxy) is 3. The molecule has 142 valence electrons. The summed E-state index contributed by atoms with van der Waals surface area (Å²) in [6.45, 7) is 6.12. The van der Waals surface area contributed by atoms with E-state index in [-0.39, 0.29) is 12.5 Å². The minimum Gasteiger partial charge on any atom is -0.488 e. The second-order valence-corrected chi connectivity index (χ2v) is 7.30. The van der Waals surface area contributed by atoms with Crippen LogP contribution in [0.2, 0.25) is 0 Å². The van der Waals surface area contributed by atoms with Gasteiger partial charge in [-0.05, 0) is 44.0 Å². The van der Waals surface area contributed by atoms with E-state index in [1.165, 1.54) is 7.11 Å². The Kier molecular flexibility index (Phi) is 5.08. The van der Waals surface area contributed by atoms with E-state index in [0.29, 0.717) is 17.9 Å². The molecular weight excluding hydrogens is 346 g/mol. The van der Waals surface area contributed by atoms with Crippen LogP contribution < -0.4 is 10.1 Å². The Balaban J connectivity index is 1.87. The van der Waals surface area contributed by atoms with Gasteiger partial charge in [0, 0.05) is 17.7 Å². The molecule has 2 aromatic carbocycles. The first-order valence-corrected chi connectivity index (χ1v) is 8.71. The number of alkyl carbamates (subject to hydrolysis) is 1. The maximum atomic E-state index is 11.9. The monoisotopic (exact) mass is 369 g/mol. The maximum absolute atomic E-state index is 11.9. The zero-order valence-electron chi connectivity index (χ0n) is 15.9. The number of fused-ring (bicyclic) bond motifs is 3. The van der Waals surface area contributed by atoms with Gasteiger partial charge in [-0.25, -0.2) is 9.59 Å². The Morgan fingerprint density at radius 2 is 1.93 bits per heavy atom. The van der Waals surface area contributed by atoms with Crippen LogP contribution in [0.25, 0.3) is 11.1 Å². The van der Waals surface area contributed by atoms with Crippen molar-refractivity contribution in [2.75, 3.05) is 7.11 Å². The van der Waals surface area contributed by atoms with Crippen molar-refractivity contribution < 1.29 is 23.8 Å². The third-order valence-corrected chi connectivity index (χ3v) is 4.11. The normalized spacial score (nSPS) is 12.3. The van der Waals surface area contributed by atoms with E-state index in [4.69, 9.17) is 14.2 Å². The summed E-state index contributed by atoms with van der Waals surface area (Å²) in [4.78, 5) is 23.8. The third-order valence-electron chi connectivity index (χ3n) is 4.11. The Bertz CT molecular complexity index is 883. The van der Waals surface area contributed by atoms with Gasteiger partial charge in [0.15, 0.2) is 0 Å². The molecule has 0 bridgehead atoms. The molecule has 1 aliphatic rings. The molecule has 0 fully saturated rings. The van der Waals surface area contributed by atoms with Crippen molar-refractivity contribution in [3.05, 3.63) is 53.1 Å². The highest BCUT2D eigenvalue weighted by Gasteiger charge is 2.22. The van der Waals surface area contributed by atoms with Crippen LogP contribution in [-0.4, -0.2) is 24.8 Å². The molecule has 2 aromatic rings. The summed E-state index contributed by atoms with van der Waals surface area (Å²) < 4.78 is 16.0. The van der Waals surface area contributed by atoms with Gasteiger partial charge in [-0.15, -0.1) is 0 Å². The van der Waals surface area contributed by atoms with Gasteiger partial charge in [0.25, 0.3) is 0 Å². The maximum Gasteiger partial charge on any atom is 0.407 e. The first-order chi connectivity index (χ1) is 12.8. The summed E-state index contributed by atoms with van der Waals surface area (Å²) in [5.41, 5.74) is 3.57. The van der Waals surface area contributed by atoms with Crippen LogP contribution >= 0.6 is 0 Å². The lowest BCUT2D eigenvalue weighted by Crippen LogP contribution is -2.32. The number of methoxy groups -OCH3 is 1. The molecule has 0 atom stereocenters. The number of nitrogens with one attached hydrogen (secondary N) is 1. The van der Waals surface area contributed by atoms with Crippen LogP contribution in [0.5, 0.6) is 5.75 Å². The molecule has 0 aromatic heterocycles. The number of hydrogen-bond donors (Lipinski definition) is 1. The smallest absolute Gasteiger partial charge is 0.407 e. The van der Waals surface area contributed by atoms with Crippen LogP contribution in [0.4, 0.5) is 4.79 Å². The first-order valence-electron chi connectivity index (χ1n) is 8.71. The summed E-state index contributed by atoms with van der Waals surface area (Å²) in [6, 6.07) is 11.1. The summed E-state index contributed by atoms with van der Waals surface area (Å²) in [6.07, 6.45) is -0.482. The van der Waals surface area contributed by atoms with Gasteiger partial charge in [0.05, 0.1) is 12.7 Å². The SMILES string of the molecule is COC(=O)c1ccc2c(c1)-c1cccc(CNC(=O)OC(C)(C)C)c1OC2. The molecular formula is C21H23NO5. The molecule has 0 unspecified atom stereocenters. The van der Waals surface area contributed by atoms with E-state index in [9.17, 15) is 9.59 Å². The van der Waals surface area contributed by atoms with Crippen LogP contribution in [0.1, 0.15) is 42.3 Å². The van der Waals surface area contributed by atoms with E-state index >= 15 is 0 Å². The molecule has 3 rings (SSSR count). The van der Waals surface area contributed by atoms with Crippen molar-refractivity contribution in [3.63, 3.8) is 0 Å². The van der Waals surface area contributed by atoms with Crippen LogP contribution in [0.15, 0.2) is 36.4 Å². The second kappa shape index (κ2) is 7.31. The van der Waals surface area contributed by atoms with Crippen LogP contribution in [0.3, 0.4) is 0 Å². The Labute approximate surface area is 158 Å². The van der Waals surface area contributed by atoms with Crippen molar-refractivity contribution in [1.29, 1.82) is 0 Å². The highest BCUT2D eigenvalue weighted by molar-refractivity contribution is 5.92. The van der Waals surface area contributed by atoms with Crippen LogP contribution in [-0.2, 0) is 22.6 Å². The van der Waals surface area contributed by atoms with E-state index in [0.717, 1.165) is 22.3 Å². The molecule has 0 radical (unpaired) electrons. The molecule has 6 heteroatoms. The predicted molar refractivity (Wildman–Crippen MR) is 101 cm³/mol. The van der Waals surface area contributed by atoms with E-state index in [1.807, 2.05) is 51.1 Å². The predicted octanol–water partition coefficient (Wildman–Crippen LogP) is 4.06. The average Bonchev–Trinajstić information content (AvgIpc) is 2.63. The number of carbonyl (C=O) groups is 2. The standard InChI is InChI=1S/C21H23NO5/c1-21(2,3)27-20(24)22-11-14-6-5-7-16-17-10-13(19(23)25-4)8-9-15(17)12-26-18(14)16/h5-10H,11-12H2,1-4H3,(H,22,24). The fourth-order valence-electron chi connectivity index (χ4n) is 2.94. The van der Waals surface area contributed by atoms with Crippen LogP contribution in [0, 0.1) is 0 Å². The summed E-state index contributed by atoms with van der Waals surface area (Å²) in [5.74, 6) is 0.316. The number of para-hydroxylation sites is 1. The zero-order chi connectivity index (χ0) is 19.6. The van der Waals surface area contributed by atoms with Gasteiger partial charge in [-0.3, -0.25) is 0 Å². The lowest BCUT2D eigenvalue weighted by atomic mass is 9.93. The second-order valence-electron chi connectivity index (χ2n) is 7.30. The zero-order valence-corrected chi connectivity index (χ0v) is 15.9. The van der Waals surface area contributed by atoms with Gasteiger partial charge in [0.1, 0.15) is 18.0 Å². The van der Waals surface area contributed by atoms with Crippen molar-refractivity contribution in [2.45, 2.75) is 39.5 Å². The molecule has 1 N–H and O–H groups in total. The third kappa shape index (κ3) is 4.22. The molecule has 1 aliphatic heterocycles. The molecule has 0 saturated carbocycles. The molecule has 27 heavy (non-hydrogen) atoms. The van der Waals surface area contributed by atoms with E-state index in [1.54, 1.807) is 6.07 Å². The minimum absolute atomic E-state index is 0.282. The number of carbonyl (C=O) groups excluding carboxylic acids is 2. The van der Waals surface area contributed by atoms with Crippen molar-refractivity contribution in [1.82, 2.24) is 5.32 Å². The van der Waals surface area contributed by atoms with Gasteiger partial charge < -0.3 is 19.5 Å². The lowest BCUT2D eigenvalue weighted by Gasteiger charge is -2.24. The van der Waals surface area contributed by atoms with Crippen molar-refractivity contribution >= 4 is 12.1 Å². The van der Waals surface area contributed by atoms with Crippen molar-refractivity contribution in [2.24, 2.45) is 0 Å². The summed E-state index contributed by atoms with van der Waals surface area (Å²) in [7, 11) is 1.36. The fraction of sp³-hybridized carbons (Fsp3) is 0.333. The molecule has 0 spiro atoms. The average molecular weight is 369 g/mol. The Morgan fingerprint density at radius 3 is 2.63 bits per heavy atom. The lowest BCUT2D eigenvalue weighted by molar-refractivity contribution is 0.0522. The highest BCUT2D eigenvalue weighted by atomic mass is 16.6. The van der Waals surface area contributed by atoms with Gasteiger partial charge >= 0.3 is 12.1 Å². The Hall–Kier alpha value is -3.02. The molecule has 0 saturated heterocycles. The summed E-state index contributed by atoms with van der Waals surface area (Å²) in [5, 5.41) is 2.75. The number of amides is 1.